The number of rotatable bonds is 7. The minimum absolute atomic E-state index is 0.603. The SMILES string of the molecule is CCOc1c(Br)cc(CNCc2ccn(C)n2)cc1OC. The number of halogens is 1. The Bertz CT molecular complexity index is 599. The minimum Gasteiger partial charge on any atom is -0.493 e. The van der Waals surface area contributed by atoms with E-state index in [4.69, 9.17) is 9.47 Å². The first-order valence-electron chi connectivity index (χ1n) is 6.82. The van der Waals surface area contributed by atoms with Crippen molar-refractivity contribution in [1.82, 2.24) is 15.1 Å². The number of ether oxygens (including phenoxy) is 2. The van der Waals surface area contributed by atoms with Crippen LogP contribution >= 0.6 is 15.9 Å². The largest absolute Gasteiger partial charge is 0.493 e. The highest BCUT2D eigenvalue weighted by atomic mass is 79.9. The van der Waals surface area contributed by atoms with Crippen molar-refractivity contribution in [3.05, 3.63) is 40.1 Å². The molecule has 0 unspecified atom stereocenters. The molecule has 6 heteroatoms. The van der Waals surface area contributed by atoms with Crippen LogP contribution in [0.25, 0.3) is 0 Å². The van der Waals surface area contributed by atoms with Gasteiger partial charge in [-0.15, -0.1) is 0 Å². The Morgan fingerprint density at radius 1 is 1.33 bits per heavy atom. The van der Waals surface area contributed by atoms with Crippen LogP contribution in [0, 0.1) is 0 Å². The quantitative estimate of drug-likeness (QED) is 0.831. The smallest absolute Gasteiger partial charge is 0.175 e. The van der Waals surface area contributed by atoms with Gasteiger partial charge in [-0.1, -0.05) is 0 Å². The van der Waals surface area contributed by atoms with Gasteiger partial charge in [-0.3, -0.25) is 4.68 Å². The van der Waals surface area contributed by atoms with Crippen molar-refractivity contribution in [2.45, 2.75) is 20.0 Å². The Morgan fingerprint density at radius 2 is 2.14 bits per heavy atom. The van der Waals surface area contributed by atoms with Gasteiger partial charge in [-0.05, 0) is 46.6 Å². The normalized spacial score (nSPS) is 10.7. The summed E-state index contributed by atoms with van der Waals surface area (Å²) in [5.41, 5.74) is 2.15. The second kappa shape index (κ2) is 7.47. The Morgan fingerprint density at radius 3 is 2.76 bits per heavy atom. The molecule has 2 rings (SSSR count). The summed E-state index contributed by atoms with van der Waals surface area (Å²) in [6, 6.07) is 6.03. The second-order valence-corrected chi connectivity index (χ2v) is 5.48. The summed E-state index contributed by atoms with van der Waals surface area (Å²) in [6.45, 7) is 4.02. The number of aromatic nitrogens is 2. The summed E-state index contributed by atoms with van der Waals surface area (Å²) in [7, 11) is 3.56. The molecule has 5 nitrogen and oxygen atoms in total. The molecule has 2 aromatic rings. The number of hydrogen-bond donors (Lipinski definition) is 1. The fourth-order valence-electron chi connectivity index (χ4n) is 2.05. The van der Waals surface area contributed by atoms with E-state index in [-0.39, 0.29) is 0 Å². The minimum atomic E-state index is 0.603. The molecule has 0 fully saturated rings. The first kappa shape index (κ1) is 15.9. The standard InChI is InChI=1S/C15H20BrN3O2/c1-4-21-15-13(16)7-11(8-14(15)20-3)9-17-10-12-5-6-19(2)18-12/h5-8,17H,4,9-10H2,1-3H3. The molecule has 0 aliphatic heterocycles. The third kappa shape index (κ3) is 4.22. The molecular weight excluding hydrogens is 334 g/mol. The van der Waals surface area contributed by atoms with E-state index >= 15 is 0 Å². The second-order valence-electron chi connectivity index (χ2n) is 4.63. The lowest BCUT2D eigenvalue weighted by atomic mass is 10.2. The summed E-state index contributed by atoms with van der Waals surface area (Å²) in [5.74, 6) is 1.48. The van der Waals surface area contributed by atoms with Crippen molar-refractivity contribution in [3.63, 3.8) is 0 Å². The number of aryl methyl sites for hydroxylation is 1. The maximum Gasteiger partial charge on any atom is 0.175 e. The third-order valence-electron chi connectivity index (χ3n) is 2.98. The molecule has 114 valence electrons. The number of nitrogens with zero attached hydrogens (tertiary/aromatic N) is 2. The topological polar surface area (TPSA) is 48.3 Å². The number of benzene rings is 1. The average molecular weight is 354 g/mol. The van der Waals surface area contributed by atoms with Crippen molar-refractivity contribution < 1.29 is 9.47 Å². The molecule has 1 heterocycles. The molecular formula is C15H20BrN3O2. The van der Waals surface area contributed by atoms with Crippen molar-refractivity contribution in [3.8, 4) is 11.5 Å². The highest BCUT2D eigenvalue weighted by Crippen LogP contribution is 2.36. The van der Waals surface area contributed by atoms with Crippen LogP contribution in [0.5, 0.6) is 11.5 Å². The number of nitrogens with one attached hydrogen (secondary N) is 1. The molecule has 1 N–H and O–H groups in total. The van der Waals surface area contributed by atoms with E-state index in [2.05, 4.69) is 26.3 Å². The summed E-state index contributed by atoms with van der Waals surface area (Å²) < 4.78 is 13.7. The van der Waals surface area contributed by atoms with Gasteiger partial charge in [0.2, 0.25) is 0 Å². The molecule has 21 heavy (non-hydrogen) atoms. The van der Waals surface area contributed by atoms with Crippen LogP contribution in [0.4, 0.5) is 0 Å². The van der Waals surface area contributed by atoms with Crippen LogP contribution in [0.2, 0.25) is 0 Å². The molecule has 0 radical (unpaired) electrons. The van der Waals surface area contributed by atoms with Crippen LogP contribution in [-0.2, 0) is 20.1 Å². The molecule has 1 aromatic heterocycles. The first-order valence-corrected chi connectivity index (χ1v) is 7.61. The van der Waals surface area contributed by atoms with E-state index in [9.17, 15) is 0 Å². The Labute approximate surface area is 133 Å². The summed E-state index contributed by atoms with van der Waals surface area (Å²) in [4.78, 5) is 0. The maximum absolute atomic E-state index is 5.59. The fraction of sp³-hybridized carbons (Fsp3) is 0.400. The molecule has 0 atom stereocenters. The van der Waals surface area contributed by atoms with Gasteiger partial charge in [0.05, 0.1) is 23.9 Å². The van der Waals surface area contributed by atoms with Crippen LogP contribution in [0.1, 0.15) is 18.2 Å². The van der Waals surface area contributed by atoms with E-state index in [0.717, 1.165) is 40.3 Å². The molecule has 0 spiro atoms. The van der Waals surface area contributed by atoms with Crippen molar-refractivity contribution in [2.75, 3.05) is 13.7 Å². The van der Waals surface area contributed by atoms with Crippen molar-refractivity contribution in [1.29, 1.82) is 0 Å². The van der Waals surface area contributed by atoms with E-state index in [1.54, 1.807) is 11.8 Å². The highest BCUT2D eigenvalue weighted by Gasteiger charge is 2.11. The zero-order chi connectivity index (χ0) is 15.2. The molecule has 0 saturated heterocycles. The maximum atomic E-state index is 5.59. The van der Waals surface area contributed by atoms with E-state index < -0.39 is 0 Å². The Kier molecular flexibility index (Phi) is 5.64. The van der Waals surface area contributed by atoms with Crippen LogP contribution in [0.3, 0.4) is 0 Å². The monoisotopic (exact) mass is 353 g/mol. The van der Waals surface area contributed by atoms with Gasteiger partial charge in [-0.2, -0.15) is 5.10 Å². The Hall–Kier alpha value is -1.53. The van der Waals surface area contributed by atoms with Gasteiger partial charge in [0.15, 0.2) is 11.5 Å². The predicted molar refractivity (Wildman–Crippen MR) is 85.6 cm³/mol. The Balaban J connectivity index is 2.01. The van der Waals surface area contributed by atoms with Gasteiger partial charge in [0, 0.05) is 26.3 Å². The van der Waals surface area contributed by atoms with Gasteiger partial charge < -0.3 is 14.8 Å². The lowest BCUT2D eigenvalue weighted by molar-refractivity contribution is 0.308. The van der Waals surface area contributed by atoms with Gasteiger partial charge in [0.25, 0.3) is 0 Å². The molecule has 0 aliphatic rings. The van der Waals surface area contributed by atoms with Crippen LogP contribution < -0.4 is 14.8 Å². The molecule has 0 saturated carbocycles. The van der Waals surface area contributed by atoms with Crippen molar-refractivity contribution in [2.24, 2.45) is 7.05 Å². The molecule has 0 bridgehead atoms. The summed E-state index contributed by atoms with van der Waals surface area (Å²) >= 11 is 3.53. The van der Waals surface area contributed by atoms with E-state index in [1.165, 1.54) is 0 Å². The number of hydrogen-bond acceptors (Lipinski definition) is 4. The average Bonchev–Trinajstić information content (AvgIpc) is 2.87. The van der Waals surface area contributed by atoms with Gasteiger partial charge in [0.1, 0.15) is 0 Å². The fourth-order valence-corrected chi connectivity index (χ4v) is 2.66. The molecule has 0 aliphatic carbocycles. The zero-order valence-electron chi connectivity index (χ0n) is 12.5. The molecule has 0 amide bonds. The highest BCUT2D eigenvalue weighted by molar-refractivity contribution is 9.10. The molecule has 1 aromatic carbocycles. The number of methoxy groups -OCH3 is 1. The van der Waals surface area contributed by atoms with Gasteiger partial charge >= 0.3 is 0 Å². The van der Waals surface area contributed by atoms with E-state index in [0.29, 0.717) is 6.61 Å². The lowest BCUT2D eigenvalue weighted by Crippen LogP contribution is -2.13. The third-order valence-corrected chi connectivity index (χ3v) is 3.57. The zero-order valence-corrected chi connectivity index (χ0v) is 14.1. The van der Waals surface area contributed by atoms with Gasteiger partial charge in [-0.25, -0.2) is 0 Å². The predicted octanol–water partition coefficient (Wildman–Crippen LogP) is 2.88. The van der Waals surface area contributed by atoms with Crippen LogP contribution in [-0.4, -0.2) is 23.5 Å². The summed E-state index contributed by atoms with van der Waals surface area (Å²) in [6.07, 6.45) is 1.94. The van der Waals surface area contributed by atoms with E-state index in [1.807, 2.05) is 38.4 Å². The first-order chi connectivity index (χ1) is 10.1. The van der Waals surface area contributed by atoms with Crippen LogP contribution in [0.15, 0.2) is 28.9 Å². The summed E-state index contributed by atoms with van der Waals surface area (Å²) in [5, 5.41) is 7.70. The lowest BCUT2D eigenvalue weighted by Gasteiger charge is -2.13. The van der Waals surface area contributed by atoms with Crippen molar-refractivity contribution >= 4 is 15.9 Å².